The third-order valence-corrected chi connectivity index (χ3v) is 4.79. The van der Waals surface area contributed by atoms with E-state index in [9.17, 15) is 14.7 Å². The van der Waals surface area contributed by atoms with Crippen molar-refractivity contribution in [1.82, 2.24) is 15.6 Å². The summed E-state index contributed by atoms with van der Waals surface area (Å²) in [7, 11) is 0. The first kappa shape index (κ1) is 15.5. The molecule has 3 N–H and O–H groups in total. The number of hydrogen-bond donors (Lipinski definition) is 3. The van der Waals surface area contributed by atoms with E-state index < -0.39 is 18.0 Å². The monoisotopic (exact) mass is 325 g/mol. The molecule has 2 amide bonds. The summed E-state index contributed by atoms with van der Waals surface area (Å²) < 4.78 is 0. The number of carbonyl (C=O) groups is 2. The summed E-state index contributed by atoms with van der Waals surface area (Å²) in [6.45, 7) is 3.68. The normalized spacial score (nSPS) is 13.4. The van der Waals surface area contributed by atoms with Gasteiger partial charge in [0.2, 0.25) is 0 Å². The molecule has 0 aliphatic carbocycles. The summed E-state index contributed by atoms with van der Waals surface area (Å²) in [5.41, 5.74) is 0.894. The standard InChI is InChI=1S/C13H15N3O3S2/c1-7-6-21-11(14-7)8(2)15-13(19)16-10(12(17)18)9-4-3-5-20-9/h3-6,8,10H,1-2H3,(H,17,18)(H2,15,16,19). The van der Waals surface area contributed by atoms with Gasteiger partial charge in [-0.1, -0.05) is 6.07 Å². The smallest absolute Gasteiger partial charge is 0.331 e. The number of carboxylic acid groups (broad SMARTS) is 1. The van der Waals surface area contributed by atoms with Crippen LogP contribution in [0.1, 0.15) is 34.6 Å². The molecule has 0 saturated heterocycles. The van der Waals surface area contributed by atoms with Crippen LogP contribution in [0.2, 0.25) is 0 Å². The van der Waals surface area contributed by atoms with E-state index >= 15 is 0 Å². The molecule has 2 aromatic heterocycles. The number of thiazole rings is 1. The fourth-order valence-electron chi connectivity index (χ4n) is 1.71. The van der Waals surface area contributed by atoms with E-state index in [2.05, 4.69) is 15.6 Å². The third-order valence-electron chi connectivity index (χ3n) is 2.70. The van der Waals surface area contributed by atoms with Crippen molar-refractivity contribution in [3.63, 3.8) is 0 Å². The van der Waals surface area contributed by atoms with Crippen LogP contribution in [0.15, 0.2) is 22.9 Å². The van der Waals surface area contributed by atoms with Gasteiger partial charge >= 0.3 is 12.0 Å². The number of aliphatic carboxylic acids is 1. The summed E-state index contributed by atoms with van der Waals surface area (Å²) in [5.74, 6) is -1.09. The van der Waals surface area contributed by atoms with E-state index in [-0.39, 0.29) is 6.04 Å². The number of nitrogens with zero attached hydrogens (tertiary/aromatic N) is 1. The number of aryl methyl sites for hydroxylation is 1. The van der Waals surface area contributed by atoms with Crippen molar-refractivity contribution >= 4 is 34.7 Å². The fourth-order valence-corrected chi connectivity index (χ4v) is 3.28. The van der Waals surface area contributed by atoms with E-state index in [4.69, 9.17) is 0 Å². The van der Waals surface area contributed by atoms with Crippen molar-refractivity contribution in [3.8, 4) is 0 Å². The molecule has 0 fully saturated rings. The van der Waals surface area contributed by atoms with Gasteiger partial charge < -0.3 is 15.7 Å². The molecule has 0 bridgehead atoms. The second kappa shape index (κ2) is 6.68. The number of thiophene rings is 1. The first-order chi connectivity index (χ1) is 9.97. The minimum absolute atomic E-state index is 0.276. The van der Waals surface area contributed by atoms with Crippen molar-refractivity contribution in [2.45, 2.75) is 25.9 Å². The predicted octanol–water partition coefficient (Wildman–Crippen LogP) is 2.70. The zero-order valence-corrected chi connectivity index (χ0v) is 13.1. The lowest BCUT2D eigenvalue weighted by atomic mass is 10.2. The van der Waals surface area contributed by atoms with Crippen LogP contribution in [0.5, 0.6) is 0 Å². The van der Waals surface area contributed by atoms with Crippen molar-refractivity contribution in [1.29, 1.82) is 0 Å². The van der Waals surface area contributed by atoms with Crippen molar-refractivity contribution < 1.29 is 14.7 Å². The zero-order chi connectivity index (χ0) is 15.4. The molecule has 0 spiro atoms. The summed E-state index contributed by atoms with van der Waals surface area (Å²) in [4.78, 5) is 28.1. The Bertz CT molecular complexity index is 624. The van der Waals surface area contributed by atoms with Gasteiger partial charge in [-0.2, -0.15) is 0 Å². The van der Waals surface area contributed by atoms with Crippen molar-refractivity contribution in [3.05, 3.63) is 38.5 Å². The van der Waals surface area contributed by atoms with Gasteiger partial charge in [0.25, 0.3) is 0 Å². The van der Waals surface area contributed by atoms with Gasteiger partial charge in [-0.3, -0.25) is 0 Å². The Labute approximate surface area is 129 Å². The molecule has 2 aromatic rings. The molecule has 0 aromatic carbocycles. The second-order valence-corrected chi connectivity index (χ2v) is 6.32. The Morgan fingerprint density at radius 1 is 1.33 bits per heavy atom. The third kappa shape index (κ3) is 4.02. The van der Waals surface area contributed by atoms with Gasteiger partial charge in [0.15, 0.2) is 6.04 Å². The molecule has 0 aliphatic rings. The van der Waals surface area contributed by atoms with Crippen LogP contribution in [0.4, 0.5) is 4.79 Å². The largest absolute Gasteiger partial charge is 0.479 e. The quantitative estimate of drug-likeness (QED) is 0.788. The summed E-state index contributed by atoms with van der Waals surface area (Å²) in [6, 6.07) is 1.57. The van der Waals surface area contributed by atoms with Gasteiger partial charge in [-0.15, -0.1) is 22.7 Å². The first-order valence-corrected chi connectivity index (χ1v) is 7.98. The van der Waals surface area contributed by atoms with Crippen LogP contribution in [-0.2, 0) is 4.79 Å². The summed E-state index contributed by atoms with van der Waals surface area (Å²) in [5, 5.41) is 18.8. The van der Waals surface area contributed by atoms with Gasteiger partial charge in [-0.05, 0) is 25.3 Å². The Morgan fingerprint density at radius 2 is 2.10 bits per heavy atom. The number of urea groups is 1. The Hall–Kier alpha value is -1.93. The molecule has 2 unspecified atom stereocenters. The lowest BCUT2D eigenvalue weighted by Gasteiger charge is -2.16. The Kier molecular flexibility index (Phi) is 4.92. The number of nitrogens with one attached hydrogen (secondary N) is 2. The molecule has 6 nitrogen and oxygen atoms in total. The molecule has 21 heavy (non-hydrogen) atoms. The van der Waals surface area contributed by atoms with Crippen molar-refractivity contribution in [2.24, 2.45) is 0 Å². The number of amides is 2. The molecule has 2 rings (SSSR count). The van der Waals surface area contributed by atoms with Crippen LogP contribution in [0, 0.1) is 6.92 Å². The second-order valence-electron chi connectivity index (χ2n) is 4.45. The molecule has 0 radical (unpaired) electrons. The molecule has 2 atom stereocenters. The molecule has 8 heteroatoms. The Balaban J connectivity index is 1.98. The maximum atomic E-state index is 11.9. The average molecular weight is 325 g/mol. The van der Waals surface area contributed by atoms with Gasteiger partial charge in [0, 0.05) is 16.0 Å². The maximum absolute atomic E-state index is 11.9. The first-order valence-electron chi connectivity index (χ1n) is 6.22. The van der Waals surface area contributed by atoms with E-state index in [0.717, 1.165) is 10.7 Å². The molecular weight excluding hydrogens is 310 g/mol. The van der Waals surface area contributed by atoms with Crippen LogP contribution < -0.4 is 10.6 Å². The number of carbonyl (C=O) groups excluding carboxylic acids is 1. The summed E-state index contributed by atoms with van der Waals surface area (Å²) >= 11 is 2.74. The molecule has 0 aliphatic heterocycles. The highest BCUT2D eigenvalue weighted by Gasteiger charge is 2.24. The molecular formula is C13H15N3O3S2. The lowest BCUT2D eigenvalue weighted by Crippen LogP contribution is -2.41. The average Bonchev–Trinajstić information content (AvgIpc) is 3.06. The highest BCUT2D eigenvalue weighted by atomic mass is 32.1. The molecule has 2 heterocycles. The molecule has 0 saturated carbocycles. The minimum Gasteiger partial charge on any atom is -0.479 e. The molecule has 112 valence electrons. The highest BCUT2D eigenvalue weighted by molar-refractivity contribution is 7.10. The van der Waals surface area contributed by atoms with Crippen LogP contribution in [0.25, 0.3) is 0 Å². The Morgan fingerprint density at radius 3 is 2.62 bits per heavy atom. The van der Waals surface area contributed by atoms with E-state index in [1.54, 1.807) is 24.4 Å². The topological polar surface area (TPSA) is 91.3 Å². The van der Waals surface area contributed by atoms with Gasteiger partial charge in [0.05, 0.1) is 6.04 Å². The predicted molar refractivity (Wildman–Crippen MR) is 81.6 cm³/mol. The fraction of sp³-hybridized carbons (Fsp3) is 0.308. The van der Waals surface area contributed by atoms with Gasteiger partial charge in [0.1, 0.15) is 5.01 Å². The zero-order valence-electron chi connectivity index (χ0n) is 11.5. The van der Waals surface area contributed by atoms with Crippen molar-refractivity contribution in [2.75, 3.05) is 0 Å². The van der Waals surface area contributed by atoms with Crippen LogP contribution in [0.3, 0.4) is 0 Å². The lowest BCUT2D eigenvalue weighted by molar-refractivity contribution is -0.139. The minimum atomic E-state index is -1.09. The summed E-state index contributed by atoms with van der Waals surface area (Å²) in [6.07, 6.45) is 0. The maximum Gasteiger partial charge on any atom is 0.331 e. The number of rotatable bonds is 5. The van der Waals surface area contributed by atoms with E-state index in [1.165, 1.54) is 22.7 Å². The van der Waals surface area contributed by atoms with Crippen LogP contribution >= 0.6 is 22.7 Å². The number of carboxylic acids is 1. The van der Waals surface area contributed by atoms with Crippen LogP contribution in [-0.4, -0.2) is 22.1 Å². The number of aromatic nitrogens is 1. The highest BCUT2D eigenvalue weighted by Crippen LogP contribution is 2.20. The van der Waals surface area contributed by atoms with Gasteiger partial charge in [-0.25, -0.2) is 14.6 Å². The van der Waals surface area contributed by atoms with E-state index in [0.29, 0.717) is 4.88 Å². The van der Waals surface area contributed by atoms with E-state index in [1.807, 2.05) is 12.3 Å². The number of hydrogen-bond acceptors (Lipinski definition) is 5. The SMILES string of the molecule is Cc1csc(C(C)NC(=O)NC(C(=O)O)c2cccs2)n1.